The quantitative estimate of drug-likeness (QED) is 0.584. The van der Waals surface area contributed by atoms with Gasteiger partial charge in [-0.3, -0.25) is 4.79 Å². The molecule has 4 nitrogen and oxygen atoms in total. The third-order valence-electron chi connectivity index (χ3n) is 3.85. The Kier molecular flexibility index (Phi) is 6.57. The minimum absolute atomic E-state index is 0.00807. The molecule has 23 heavy (non-hydrogen) atoms. The number of carbonyl (C=O) groups is 2. The molecule has 126 valence electrons. The van der Waals surface area contributed by atoms with Gasteiger partial charge < -0.3 is 9.64 Å². The summed E-state index contributed by atoms with van der Waals surface area (Å²) in [6, 6.07) is 2.66. The smallest absolute Gasteiger partial charge is 0.328 e. The number of amides is 1. The summed E-state index contributed by atoms with van der Waals surface area (Å²) in [4.78, 5) is 26.3. The fourth-order valence-electron chi connectivity index (χ4n) is 2.70. The van der Waals surface area contributed by atoms with Crippen LogP contribution in [0, 0.1) is 0 Å². The summed E-state index contributed by atoms with van der Waals surface area (Å²) in [6.07, 6.45) is 2.38. The number of nitrogens with zero attached hydrogens (tertiary/aromatic N) is 1. The van der Waals surface area contributed by atoms with Crippen LogP contribution in [0.3, 0.4) is 0 Å². The van der Waals surface area contributed by atoms with Gasteiger partial charge in [-0.05, 0) is 38.3 Å². The molecular formula is C16H18Cl3NO3. The van der Waals surface area contributed by atoms with E-state index in [2.05, 4.69) is 0 Å². The lowest BCUT2D eigenvalue weighted by Crippen LogP contribution is -2.49. The Balaban J connectivity index is 2.18. The molecule has 7 heteroatoms. The van der Waals surface area contributed by atoms with E-state index in [1.165, 1.54) is 0 Å². The van der Waals surface area contributed by atoms with E-state index in [4.69, 9.17) is 39.5 Å². The van der Waals surface area contributed by atoms with Crippen molar-refractivity contribution in [1.82, 2.24) is 4.90 Å². The molecule has 0 spiro atoms. The predicted octanol–water partition coefficient (Wildman–Crippen LogP) is 4.13. The van der Waals surface area contributed by atoms with E-state index in [0.717, 1.165) is 12.8 Å². The molecule has 1 fully saturated rings. The maximum Gasteiger partial charge on any atom is 0.328 e. The molecule has 1 heterocycles. The first-order chi connectivity index (χ1) is 11.0. The second-order valence-corrected chi connectivity index (χ2v) is 6.54. The van der Waals surface area contributed by atoms with Crippen molar-refractivity contribution in [3.8, 4) is 0 Å². The molecule has 0 aliphatic carbocycles. The van der Waals surface area contributed by atoms with Gasteiger partial charge in [-0.1, -0.05) is 34.8 Å². The summed E-state index contributed by atoms with van der Waals surface area (Å²) in [6.45, 7) is 2.57. The molecule has 1 aliphatic heterocycles. The molecule has 0 N–H and O–H groups in total. The van der Waals surface area contributed by atoms with E-state index < -0.39 is 6.04 Å². The number of benzene rings is 1. The normalized spacial score (nSPS) is 17.9. The van der Waals surface area contributed by atoms with Crippen LogP contribution in [-0.4, -0.2) is 36.0 Å². The Morgan fingerprint density at radius 2 is 1.91 bits per heavy atom. The number of piperidine rings is 1. The van der Waals surface area contributed by atoms with Crippen LogP contribution in [0.1, 0.15) is 31.7 Å². The van der Waals surface area contributed by atoms with Crippen LogP contribution in [0.2, 0.25) is 15.1 Å². The predicted molar refractivity (Wildman–Crippen MR) is 91.2 cm³/mol. The lowest BCUT2D eigenvalue weighted by atomic mass is 10.0. The third kappa shape index (κ3) is 4.31. The number of halogens is 3. The molecule has 0 saturated carbocycles. The van der Waals surface area contributed by atoms with Crippen molar-refractivity contribution in [2.24, 2.45) is 0 Å². The topological polar surface area (TPSA) is 46.6 Å². The maximum absolute atomic E-state index is 12.7. The molecule has 1 amide bonds. The van der Waals surface area contributed by atoms with Crippen LogP contribution in [0.5, 0.6) is 0 Å². The van der Waals surface area contributed by atoms with Crippen molar-refractivity contribution >= 4 is 46.7 Å². The van der Waals surface area contributed by atoms with Crippen LogP contribution in [-0.2, 0) is 20.7 Å². The number of likely N-dealkylation sites (tertiary alicyclic amines) is 1. The molecule has 1 unspecified atom stereocenters. The van der Waals surface area contributed by atoms with Gasteiger partial charge in [0.25, 0.3) is 0 Å². The zero-order valence-electron chi connectivity index (χ0n) is 12.8. The number of carbonyl (C=O) groups excluding carboxylic acids is 2. The largest absolute Gasteiger partial charge is 0.464 e. The second-order valence-electron chi connectivity index (χ2n) is 5.35. The highest BCUT2D eigenvalue weighted by molar-refractivity contribution is 6.44. The monoisotopic (exact) mass is 377 g/mol. The molecule has 2 rings (SSSR count). The summed E-state index contributed by atoms with van der Waals surface area (Å²) in [7, 11) is 0. The number of hydrogen-bond acceptors (Lipinski definition) is 3. The van der Waals surface area contributed by atoms with Gasteiger partial charge in [-0.25, -0.2) is 4.79 Å². The SMILES string of the molecule is CCOC(=O)C1CCCCN1C(=O)Cc1c(Cl)ccc(Cl)c1Cl. The van der Waals surface area contributed by atoms with Crippen LogP contribution < -0.4 is 0 Å². The average Bonchev–Trinajstić information content (AvgIpc) is 2.55. The summed E-state index contributed by atoms with van der Waals surface area (Å²) in [5, 5.41) is 1.01. The first-order valence-electron chi connectivity index (χ1n) is 7.54. The number of hydrogen-bond donors (Lipinski definition) is 0. The minimum atomic E-state index is -0.534. The Morgan fingerprint density at radius 1 is 1.22 bits per heavy atom. The minimum Gasteiger partial charge on any atom is -0.464 e. The van der Waals surface area contributed by atoms with Gasteiger partial charge in [0.1, 0.15) is 6.04 Å². The molecular weight excluding hydrogens is 361 g/mol. The fourth-order valence-corrected chi connectivity index (χ4v) is 3.38. The Labute approximate surface area is 150 Å². The van der Waals surface area contributed by atoms with Crippen LogP contribution in [0.15, 0.2) is 12.1 Å². The number of ether oxygens (including phenoxy) is 1. The summed E-state index contributed by atoms with van der Waals surface area (Å²) in [5.74, 6) is -0.558. The van der Waals surface area contributed by atoms with Crippen LogP contribution in [0.4, 0.5) is 0 Å². The van der Waals surface area contributed by atoms with Crippen LogP contribution in [0.25, 0.3) is 0 Å². The van der Waals surface area contributed by atoms with Gasteiger partial charge in [0, 0.05) is 17.1 Å². The molecule has 1 aliphatic rings. The third-order valence-corrected chi connectivity index (χ3v) is 5.05. The van der Waals surface area contributed by atoms with Crippen molar-refractivity contribution in [3.63, 3.8) is 0 Å². The highest BCUT2D eigenvalue weighted by Gasteiger charge is 2.33. The van der Waals surface area contributed by atoms with E-state index in [1.54, 1.807) is 24.0 Å². The van der Waals surface area contributed by atoms with Gasteiger partial charge in [0.05, 0.1) is 23.1 Å². The maximum atomic E-state index is 12.7. The fraction of sp³-hybridized carbons (Fsp3) is 0.500. The van der Waals surface area contributed by atoms with Crippen LogP contribution >= 0.6 is 34.8 Å². The van der Waals surface area contributed by atoms with Crippen molar-refractivity contribution in [2.45, 2.75) is 38.6 Å². The summed E-state index contributed by atoms with van der Waals surface area (Å²) < 4.78 is 5.07. The van der Waals surface area contributed by atoms with Gasteiger partial charge >= 0.3 is 5.97 Å². The lowest BCUT2D eigenvalue weighted by Gasteiger charge is -2.34. The van der Waals surface area contributed by atoms with Crippen molar-refractivity contribution in [2.75, 3.05) is 13.2 Å². The van der Waals surface area contributed by atoms with E-state index in [0.29, 0.717) is 35.2 Å². The average molecular weight is 379 g/mol. The van der Waals surface area contributed by atoms with Crippen molar-refractivity contribution < 1.29 is 14.3 Å². The van der Waals surface area contributed by atoms with E-state index in [-0.39, 0.29) is 23.3 Å². The Morgan fingerprint density at radius 3 is 2.61 bits per heavy atom. The van der Waals surface area contributed by atoms with Gasteiger partial charge in [-0.15, -0.1) is 0 Å². The Bertz CT molecular complexity index is 606. The number of rotatable bonds is 4. The molecule has 1 aromatic carbocycles. The van der Waals surface area contributed by atoms with E-state index in [1.807, 2.05) is 0 Å². The van der Waals surface area contributed by atoms with E-state index in [9.17, 15) is 9.59 Å². The summed E-state index contributed by atoms with van der Waals surface area (Å²) in [5.41, 5.74) is 0.485. The molecule has 0 radical (unpaired) electrons. The van der Waals surface area contributed by atoms with Gasteiger partial charge in [0.15, 0.2) is 0 Å². The van der Waals surface area contributed by atoms with Gasteiger partial charge in [-0.2, -0.15) is 0 Å². The highest BCUT2D eigenvalue weighted by atomic mass is 35.5. The molecule has 1 atom stereocenters. The highest BCUT2D eigenvalue weighted by Crippen LogP contribution is 2.32. The number of esters is 1. The molecule has 0 aromatic heterocycles. The Hall–Kier alpha value is -0.970. The standard InChI is InChI=1S/C16H18Cl3NO3/c1-2-23-16(22)13-5-3-4-8-20(13)14(21)9-10-11(17)6-7-12(18)15(10)19/h6-7,13H,2-5,8-9H2,1H3. The van der Waals surface area contributed by atoms with Crippen molar-refractivity contribution in [3.05, 3.63) is 32.8 Å². The van der Waals surface area contributed by atoms with Gasteiger partial charge in [0.2, 0.25) is 5.91 Å². The molecule has 0 bridgehead atoms. The van der Waals surface area contributed by atoms with E-state index >= 15 is 0 Å². The summed E-state index contributed by atoms with van der Waals surface area (Å²) >= 11 is 18.3. The molecule has 1 aromatic rings. The first kappa shape index (κ1) is 18.4. The van der Waals surface area contributed by atoms with Crippen molar-refractivity contribution in [1.29, 1.82) is 0 Å². The first-order valence-corrected chi connectivity index (χ1v) is 8.67. The molecule has 1 saturated heterocycles. The lowest BCUT2D eigenvalue weighted by molar-refractivity contribution is -0.156. The zero-order chi connectivity index (χ0) is 17.0. The zero-order valence-corrected chi connectivity index (χ0v) is 15.0. The second kappa shape index (κ2) is 8.22.